The lowest BCUT2D eigenvalue weighted by atomic mass is 10.2. The molecule has 2 rings (SSSR count). The van der Waals surface area contributed by atoms with Crippen molar-refractivity contribution in [3.63, 3.8) is 0 Å². The molecule has 11 heteroatoms. The van der Waals surface area contributed by atoms with Crippen LogP contribution >= 0.6 is 0 Å². The van der Waals surface area contributed by atoms with Crippen LogP contribution in [0.5, 0.6) is 11.6 Å². The zero-order valence-corrected chi connectivity index (χ0v) is 15.3. The van der Waals surface area contributed by atoms with Gasteiger partial charge in [-0.2, -0.15) is 22.0 Å². The van der Waals surface area contributed by atoms with Crippen molar-refractivity contribution in [2.45, 2.75) is 25.9 Å². The number of ether oxygens (including phenoxy) is 2. The first-order valence-corrected chi connectivity index (χ1v) is 8.39. The van der Waals surface area contributed by atoms with Crippen LogP contribution < -0.4 is 20.1 Å². The molecule has 0 radical (unpaired) electrons. The minimum absolute atomic E-state index is 0.0283. The molecule has 158 valence electrons. The smallest absolute Gasteiger partial charge is 0.422 e. The topological polar surface area (TPSA) is 67.8 Å². The molecule has 0 bridgehead atoms. The van der Waals surface area contributed by atoms with Crippen LogP contribution in [-0.2, 0) is 13.1 Å². The molecule has 2 aromatic rings. The van der Waals surface area contributed by atoms with Crippen molar-refractivity contribution in [2.24, 2.45) is 4.99 Å². The number of aliphatic imine (C=N–C) groups is 1. The van der Waals surface area contributed by atoms with Crippen LogP contribution in [0, 0.1) is 0 Å². The number of hydrogen-bond acceptors (Lipinski definition) is 4. The second-order valence-electron chi connectivity index (χ2n) is 5.64. The fourth-order valence-electron chi connectivity index (χ4n) is 2.28. The maximum absolute atomic E-state index is 12.5. The van der Waals surface area contributed by atoms with E-state index in [0.29, 0.717) is 17.1 Å². The molecule has 1 heterocycles. The van der Waals surface area contributed by atoms with Crippen LogP contribution in [0.2, 0.25) is 0 Å². The van der Waals surface area contributed by atoms with Crippen LogP contribution in [-0.4, -0.2) is 37.4 Å². The lowest BCUT2D eigenvalue weighted by Gasteiger charge is -2.16. The fraction of sp³-hybridized carbons (Fsp3) is 0.333. The van der Waals surface area contributed by atoms with E-state index in [1.54, 1.807) is 30.3 Å². The zero-order chi connectivity index (χ0) is 21.3. The van der Waals surface area contributed by atoms with Crippen molar-refractivity contribution in [2.75, 3.05) is 13.7 Å². The molecule has 0 unspecified atom stereocenters. The Morgan fingerprint density at radius 1 is 1.07 bits per heavy atom. The van der Waals surface area contributed by atoms with Gasteiger partial charge >= 0.3 is 12.8 Å². The first kappa shape index (κ1) is 22.2. The predicted octanol–water partition coefficient (Wildman–Crippen LogP) is 3.49. The molecule has 0 aliphatic carbocycles. The summed E-state index contributed by atoms with van der Waals surface area (Å²) in [5.41, 5.74) is 0.868. The number of alkyl halides is 5. The molecule has 6 nitrogen and oxygen atoms in total. The van der Waals surface area contributed by atoms with Gasteiger partial charge in [0.2, 0.25) is 5.88 Å². The Hall–Kier alpha value is -3.11. The molecule has 0 spiro atoms. The van der Waals surface area contributed by atoms with Crippen molar-refractivity contribution >= 4 is 5.96 Å². The normalized spacial score (nSPS) is 12.0. The Balaban J connectivity index is 1.95. The summed E-state index contributed by atoms with van der Waals surface area (Å²) in [6, 6.07) is 9.39. The molecule has 0 amide bonds. The minimum atomic E-state index is -4.48. The van der Waals surface area contributed by atoms with Gasteiger partial charge in [0, 0.05) is 37.5 Å². The Morgan fingerprint density at radius 2 is 1.72 bits per heavy atom. The van der Waals surface area contributed by atoms with Gasteiger partial charge in [0.05, 0.1) is 0 Å². The molecular weight excluding hydrogens is 399 g/mol. The second-order valence-corrected chi connectivity index (χ2v) is 5.64. The largest absolute Gasteiger partial charge is 0.468 e. The zero-order valence-electron chi connectivity index (χ0n) is 15.3. The third kappa shape index (κ3) is 7.80. The molecule has 0 aliphatic heterocycles. The number of nitrogens with one attached hydrogen (secondary N) is 2. The number of para-hydroxylation sites is 1. The summed E-state index contributed by atoms with van der Waals surface area (Å²) in [6.45, 7) is -4.19. The van der Waals surface area contributed by atoms with E-state index in [1.165, 1.54) is 19.3 Å². The highest BCUT2D eigenvalue weighted by atomic mass is 19.4. The summed E-state index contributed by atoms with van der Waals surface area (Å²) in [5, 5.41) is 5.82. The van der Waals surface area contributed by atoms with Gasteiger partial charge in [-0.15, -0.1) is 0 Å². The number of benzene rings is 1. The highest BCUT2D eigenvalue weighted by Crippen LogP contribution is 2.21. The van der Waals surface area contributed by atoms with Gasteiger partial charge in [0.15, 0.2) is 12.6 Å². The molecule has 2 N–H and O–H groups in total. The van der Waals surface area contributed by atoms with Gasteiger partial charge in [0.1, 0.15) is 5.75 Å². The average Bonchev–Trinajstić information content (AvgIpc) is 2.67. The summed E-state index contributed by atoms with van der Waals surface area (Å²) in [5.74, 6) is 0.173. The van der Waals surface area contributed by atoms with Gasteiger partial charge in [-0.25, -0.2) is 4.98 Å². The summed E-state index contributed by atoms with van der Waals surface area (Å²) in [7, 11) is 1.49. The lowest BCUT2D eigenvalue weighted by Crippen LogP contribution is -2.36. The van der Waals surface area contributed by atoms with E-state index in [9.17, 15) is 22.0 Å². The van der Waals surface area contributed by atoms with Gasteiger partial charge in [-0.1, -0.05) is 24.3 Å². The van der Waals surface area contributed by atoms with E-state index in [2.05, 4.69) is 25.3 Å². The van der Waals surface area contributed by atoms with E-state index < -0.39 is 19.4 Å². The Kier molecular flexibility index (Phi) is 7.98. The number of aromatic nitrogens is 1. The van der Waals surface area contributed by atoms with Crippen molar-refractivity contribution in [3.8, 4) is 11.6 Å². The van der Waals surface area contributed by atoms with E-state index in [4.69, 9.17) is 4.74 Å². The van der Waals surface area contributed by atoms with Crippen LogP contribution in [0.25, 0.3) is 0 Å². The molecule has 0 atom stereocenters. The Labute approximate surface area is 163 Å². The number of guanidine groups is 1. The molecule has 0 saturated carbocycles. The summed E-state index contributed by atoms with van der Waals surface area (Å²) in [6.07, 6.45) is -3.16. The van der Waals surface area contributed by atoms with Crippen molar-refractivity contribution < 1.29 is 31.4 Å². The van der Waals surface area contributed by atoms with Crippen LogP contribution in [0.3, 0.4) is 0 Å². The number of hydrogen-bond donors (Lipinski definition) is 2. The molecular formula is C18H19F5N4O2. The molecule has 1 aromatic carbocycles. The SMILES string of the molecule is CN=C(NCc1ccccc1OC(F)F)NCc1cccnc1OCC(F)(F)F. The first-order valence-electron chi connectivity index (χ1n) is 8.39. The lowest BCUT2D eigenvalue weighted by molar-refractivity contribution is -0.154. The standard InChI is InChI=1S/C18H19F5N4O2/c1-24-17(26-9-12-5-2-3-7-14(12)29-16(19)20)27-10-13-6-4-8-25-15(13)28-11-18(21,22)23/h2-8,16H,9-11H2,1H3,(H2,24,26,27). The van der Waals surface area contributed by atoms with Crippen molar-refractivity contribution in [1.82, 2.24) is 15.6 Å². The number of halogens is 5. The Bertz CT molecular complexity index is 815. The summed E-state index contributed by atoms with van der Waals surface area (Å²) >= 11 is 0. The van der Waals surface area contributed by atoms with Crippen LogP contribution in [0.4, 0.5) is 22.0 Å². The van der Waals surface area contributed by atoms with Crippen molar-refractivity contribution in [1.29, 1.82) is 0 Å². The summed E-state index contributed by atoms with van der Waals surface area (Å²) < 4.78 is 71.2. The predicted molar refractivity (Wildman–Crippen MR) is 95.9 cm³/mol. The van der Waals surface area contributed by atoms with Crippen LogP contribution in [0.1, 0.15) is 11.1 Å². The third-order valence-electron chi connectivity index (χ3n) is 3.53. The van der Waals surface area contributed by atoms with Gasteiger partial charge in [-0.3, -0.25) is 4.99 Å². The summed E-state index contributed by atoms with van der Waals surface area (Å²) in [4.78, 5) is 7.80. The molecule has 0 aliphatic rings. The molecule has 1 aromatic heterocycles. The molecule has 0 fully saturated rings. The third-order valence-corrected chi connectivity index (χ3v) is 3.53. The fourth-order valence-corrected chi connectivity index (χ4v) is 2.28. The first-order chi connectivity index (χ1) is 13.8. The highest BCUT2D eigenvalue weighted by molar-refractivity contribution is 5.79. The molecule has 0 saturated heterocycles. The van der Waals surface area contributed by atoms with E-state index in [0.717, 1.165) is 0 Å². The highest BCUT2D eigenvalue weighted by Gasteiger charge is 2.29. The van der Waals surface area contributed by atoms with Crippen molar-refractivity contribution in [3.05, 3.63) is 53.7 Å². The van der Waals surface area contributed by atoms with E-state index in [1.807, 2.05) is 0 Å². The van der Waals surface area contributed by atoms with E-state index >= 15 is 0 Å². The van der Waals surface area contributed by atoms with Crippen LogP contribution in [0.15, 0.2) is 47.6 Å². The number of nitrogens with zero attached hydrogens (tertiary/aromatic N) is 2. The molecule has 29 heavy (non-hydrogen) atoms. The second kappa shape index (κ2) is 10.4. The van der Waals surface area contributed by atoms with Gasteiger partial charge in [0.25, 0.3) is 0 Å². The quantitative estimate of drug-likeness (QED) is 0.390. The average molecular weight is 418 g/mol. The maximum Gasteiger partial charge on any atom is 0.422 e. The Morgan fingerprint density at radius 3 is 2.38 bits per heavy atom. The number of rotatable bonds is 8. The number of pyridine rings is 1. The van der Waals surface area contributed by atoms with Gasteiger partial charge < -0.3 is 20.1 Å². The minimum Gasteiger partial charge on any atom is -0.468 e. The van der Waals surface area contributed by atoms with Gasteiger partial charge in [-0.05, 0) is 12.1 Å². The van der Waals surface area contributed by atoms with E-state index in [-0.39, 0.29) is 24.7 Å². The monoisotopic (exact) mass is 418 g/mol. The maximum atomic E-state index is 12.5.